The lowest BCUT2D eigenvalue weighted by atomic mass is 10.1. The Morgan fingerprint density at radius 3 is 2.57 bits per heavy atom. The van der Waals surface area contributed by atoms with Crippen molar-refractivity contribution in [2.24, 2.45) is 0 Å². The zero-order valence-corrected chi connectivity index (χ0v) is 21.4. The predicted molar refractivity (Wildman–Crippen MR) is 134 cm³/mol. The van der Waals surface area contributed by atoms with E-state index in [0.29, 0.717) is 27.9 Å². The molecule has 1 aliphatic heterocycles. The number of anilines is 1. The summed E-state index contributed by atoms with van der Waals surface area (Å²) in [5, 5.41) is 2.98. The number of nitrogens with zero attached hydrogens (tertiary/aromatic N) is 2. The van der Waals surface area contributed by atoms with E-state index in [1.54, 1.807) is 0 Å². The van der Waals surface area contributed by atoms with Crippen molar-refractivity contribution in [3.05, 3.63) is 74.2 Å². The molecule has 5 nitrogen and oxygen atoms in total. The van der Waals surface area contributed by atoms with Gasteiger partial charge in [0.2, 0.25) is 5.91 Å². The van der Waals surface area contributed by atoms with E-state index in [9.17, 15) is 22.8 Å². The number of fused-ring (bicyclic) bond motifs is 1. The minimum atomic E-state index is -4.57. The molecule has 3 aromatic rings. The molecule has 1 N–H and O–H groups in total. The lowest BCUT2D eigenvalue weighted by Gasteiger charge is -2.15. The molecule has 2 aromatic carbocycles. The van der Waals surface area contributed by atoms with Gasteiger partial charge >= 0.3 is 6.18 Å². The summed E-state index contributed by atoms with van der Waals surface area (Å²) in [4.78, 5) is 31.4. The van der Waals surface area contributed by atoms with Crippen molar-refractivity contribution in [3.8, 4) is 5.69 Å². The Morgan fingerprint density at radius 1 is 1.23 bits per heavy atom. The summed E-state index contributed by atoms with van der Waals surface area (Å²) in [6.45, 7) is 5.88. The van der Waals surface area contributed by atoms with E-state index in [0.717, 1.165) is 41.1 Å². The zero-order chi connectivity index (χ0) is 25.5. The molecule has 184 valence electrons. The Balaban J connectivity index is 1.64. The third kappa shape index (κ3) is 5.70. The van der Waals surface area contributed by atoms with Gasteiger partial charge in [-0.1, -0.05) is 36.4 Å². The first-order valence-electron chi connectivity index (χ1n) is 10.6. The third-order valence-electron chi connectivity index (χ3n) is 5.25. The van der Waals surface area contributed by atoms with Gasteiger partial charge in [0, 0.05) is 11.7 Å². The molecular weight excluding hydrogens is 519 g/mol. The predicted octanol–water partition coefficient (Wildman–Crippen LogP) is 6.29. The Bertz CT molecular complexity index is 1360. The van der Waals surface area contributed by atoms with E-state index >= 15 is 0 Å². The average molecular weight is 540 g/mol. The average Bonchev–Trinajstić information content (AvgIpc) is 3.13. The summed E-state index contributed by atoms with van der Waals surface area (Å²) in [6, 6.07) is 8.47. The first-order chi connectivity index (χ1) is 16.4. The molecule has 35 heavy (non-hydrogen) atoms. The van der Waals surface area contributed by atoms with Gasteiger partial charge in [0.1, 0.15) is 0 Å². The van der Waals surface area contributed by atoms with Gasteiger partial charge in [-0.3, -0.25) is 14.2 Å². The maximum Gasteiger partial charge on any atom is 0.416 e. The summed E-state index contributed by atoms with van der Waals surface area (Å²) in [7, 11) is 0. The van der Waals surface area contributed by atoms with Crippen LogP contribution in [0.3, 0.4) is 0 Å². The van der Waals surface area contributed by atoms with Crippen molar-refractivity contribution in [2.45, 2.75) is 48.7 Å². The van der Waals surface area contributed by atoms with E-state index < -0.39 is 17.6 Å². The van der Waals surface area contributed by atoms with Gasteiger partial charge in [0.05, 0.1) is 38.3 Å². The number of rotatable bonds is 5. The minimum Gasteiger partial charge on any atom is -0.324 e. The van der Waals surface area contributed by atoms with Crippen LogP contribution in [0.25, 0.3) is 5.69 Å². The van der Waals surface area contributed by atoms with Crippen LogP contribution < -0.4 is 10.9 Å². The number of hydrogen-bond donors (Lipinski definition) is 1. The maximum absolute atomic E-state index is 13.4. The molecule has 4 rings (SSSR count). The highest BCUT2D eigenvalue weighted by atomic mass is 35.5. The number of amides is 1. The van der Waals surface area contributed by atoms with Gasteiger partial charge in [-0.05, 0) is 55.3 Å². The molecule has 0 saturated carbocycles. The van der Waals surface area contributed by atoms with Crippen LogP contribution in [0.1, 0.15) is 29.3 Å². The molecule has 1 atom stereocenters. The maximum atomic E-state index is 13.4. The second kappa shape index (κ2) is 9.91. The Kier molecular flexibility index (Phi) is 7.26. The summed E-state index contributed by atoms with van der Waals surface area (Å²) < 4.78 is 40.6. The highest BCUT2D eigenvalue weighted by Gasteiger charge is 2.31. The quantitative estimate of drug-likeness (QED) is 0.305. The van der Waals surface area contributed by atoms with E-state index in [4.69, 9.17) is 16.6 Å². The number of carbonyl (C=O) groups excluding carboxylic acids is 1. The number of alkyl halides is 3. The molecule has 0 aliphatic carbocycles. The van der Waals surface area contributed by atoms with Crippen molar-refractivity contribution < 1.29 is 18.0 Å². The van der Waals surface area contributed by atoms with Gasteiger partial charge in [0.25, 0.3) is 5.56 Å². The second-order valence-electron chi connectivity index (χ2n) is 8.32. The molecule has 1 aromatic heterocycles. The van der Waals surface area contributed by atoms with E-state index in [1.165, 1.54) is 16.3 Å². The molecule has 0 bridgehead atoms. The molecule has 0 fully saturated rings. The number of thioether (sulfide) groups is 2. The molecule has 0 unspecified atom stereocenters. The molecule has 1 amide bonds. The topological polar surface area (TPSA) is 64.0 Å². The number of aryl methyl sites for hydroxylation is 2. The molecular formula is C24H21ClF3N3O2S2. The summed E-state index contributed by atoms with van der Waals surface area (Å²) in [5.74, 6) is -0.744. The van der Waals surface area contributed by atoms with Crippen LogP contribution in [0.2, 0.25) is 5.02 Å². The van der Waals surface area contributed by atoms with Gasteiger partial charge in [-0.2, -0.15) is 13.2 Å². The van der Waals surface area contributed by atoms with Crippen LogP contribution in [-0.4, -0.2) is 26.5 Å². The molecule has 11 heteroatoms. The minimum absolute atomic E-state index is 0.00911. The van der Waals surface area contributed by atoms with Crippen LogP contribution >= 0.6 is 35.1 Å². The highest BCUT2D eigenvalue weighted by molar-refractivity contribution is 8.00. The van der Waals surface area contributed by atoms with Crippen molar-refractivity contribution in [1.82, 2.24) is 9.55 Å². The van der Waals surface area contributed by atoms with Gasteiger partial charge in [-0.25, -0.2) is 4.98 Å². The number of hydrogen-bond acceptors (Lipinski definition) is 5. The zero-order valence-electron chi connectivity index (χ0n) is 19.0. The van der Waals surface area contributed by atoms with Crippen molar-refractivity contribution in [3.63, 3.8) is 0 Å². The van der Waals surface area contributed by atoms with E-state index in [2.05, 4.69) is 5.32 Å². The number of carbonyl (C=O) groups is 1. The fourth-order valence-corrected chi connectivity index (χ4v) is 5.91. The molecule has 2 heterocycles. The van der Waals surface area contributed by atoms with Crippen LogP contribution in [0.4, 0.5) is 18.9 Å². The first kappa shape index (κ1) is 25.7. The van der Waals surface area contributed by atoms with Crippen LogP contribution in [0.5, 0.6) is 0 Å². The molecule has 0 spiro atoms. The summed E-state index contributed by atoms with van der Waals surface area (Å²) >= 11 is 8.52. The van der Waals surface area contributed by atoms with E-state index in [1.807, 2.05) is 39.0 Å². The molecule has 0 radical (unpaired) electrons. The number of benzene rings is 2. The van der Waals surface area contributed by atoms with Gasteiger partial charge in [0.15, 0.2) is 5.16 Å². The van der Waals surface area contributed by atoms with Crippen molar-refractivity contribution in [1.29, 1.82) is 0 Å². The number of nitrogens with one attached hydrogen (secondary N) is 1. The SMILES string of the molecule is Cc1cc(C)cc(-n2c(SCC(=O)Nc3cc(C(F)(F)F)ccc3Cl)nc3c(c2=O)S[C@H](C)C3)c1. The second-order valence-corrected chi connectivity index (χ2v) is 11.1. The van der Waals surface area contributed by atoms with E-state index in [-0.39, 0.29) is 27.3 Å². The summed E-state index contributed by atoms with van der Waals surface area (Å²) in [5.41, 5.74) is 2.04. The molecule has 0 saturated heterocycles. The monoisotopic (exact) mass is 539 g/mol. The van der Waals surface area contributed by atoms with Crippen molar-refractivity contribution >= 4 is 46.7 Å². The van der Waals surface area contributed by atoms with Gasteiger partial charge < -0.3 is 5.32 Å². The van der Waals surface area contributed by atoms with Gasteiger partial charge in [-0.15, -0.1) is 11.8 Å². The number of aromatic nitrogens is 2. The lowest BCUT2D eigenvalue weighted by Crippen LogP contribution is -2.25. The Morgan fingerprint density at radius 2 is 1.91 bits per heavy atom. The lowest BCUT2D eigenvalue weighted by molar-refractivity contribution is -0.137. The number of halogens is 4. The van der Waals surface area contributed by atoms with Crippen molar-refractivity contribution in [2.75, 3.05) is 11.1 Å². The normalized spacial score (nSPS) is 15.2. The van der Waals surface area contributed by atoms with Crippen LogP contribution in [0.15, 0.2) is 51.2 Å². The third-order valence-corrected chi connectivity index (χ3v) is 7.73. The van der Waals surface area contributed by atoms with Crippen LogP contribution in [0, 0.1) is 13.8 Å². The fraction of sp³-hybridized carbons (Fsp3) is 0.292. The first-order valence-corrected chi connectivity index (χ1v) is 12.9. The fourth-order valence-electron chi connectivity index (χ4n) is 3.82. The van der Waals surface area contributed by atoms with Crippen LogP contribution in [-0.2, 0) is 17.4 Å². The standard InChI is InChI=1S/C24H21ClF3N3O2S2/c1-12-6-13(2)8-16(7-12)31-22(33)21-19(9-14(3)35-21)30-23(31)34-11-20(32)29-18-10-15(24(26,27)28)4-5-17(18)25/h4-8,10,14H,9,11H2,1-3H3,(H,29,32)/t14-/m1/s1. The Labute approximate surface area is 213 Å². The smallest absolute Gasteiger partial charge is 0.324 e. The molecule has 1 aliphatic rings. The largest absolute Gasteiger partial charge is 0.416 e. The Hall–Kier alpha value is -2.43. The summed E-state index contributed by atoms with van der Waals surface area (Å²) in [6.07, 6.45) is -3.92. The highest BCUT2D eigenvalue weighted by Crippen LogP contribution is 2.36.